The number of allylic oxidation sites excluding steroid dienone is 1. The van der Waals surface area contributed by atoms with Gasteiger partial charge in [0, 0.05) is 12.8 Å². The molecule has 2 aromatic rings. The first-order valence-corrected chi connectivity index (χ1v) is 11.7. The predicted molar refractivity (Wildman–Crippen MR) is 124 cm³/mol. The van der Waals surface area contributed by atoms with Gasteiger partial charge in [-0.3, -0.25) is 4.79 Å². The highest BCUT2D eigenvalue weighted by Gasteiger charge is 2.73. The van der Waals surface area contributed by atoms with Crippen LogP contribution in [0.2, 0.25) is 0 Å². The summed E-state index contributed by atoms with van der Waals surface area (Å²) >= 11 is 0. The topological polar surface area (TPSA) is 86.3 Å². The number of carbonyl (C=O) groups is 1. The number of hydrogen-bond donors (Lipinski definition) is 2. The lowest BCUT2D eigenvalue weighted by molar-refractivity contribution is -0.270. The van der Waals surface area contributed by atoms with Gasteiger partial charge in [-0.2, -0.15) is 0 Å². The molecule has 2 aliphatic heterocycles. The molecule has 7 heteroatoms. The molecule has 3 fully saturated rings. The smallest absolute Gasteiger partial charge is 0.217 e. The van der Waals surface area contributed by atoms with Crippen molar-refractivity contribution < 1.29 is 28.8 Å². The number of hydrogen-bond acceptors (Lipinski definition) is 6. The van der Waals surface area contributed by atoms with Crippen molar-refractivity contribution >= 4 is 5.91 Å². The molecule has 2 heterocycles. The van der Waals surface area contributed by atoms with E-state index in [1.54, 1.807) is 6.08 Å². The van der Waals surface area contributed by atoms with Crippen LogP contribution in [0, 0.1) is 5.92 Å². The third kappa shape index (κ3) is 3.97. The number of nitrogens with one attached hydrogen (secondary N) is 1. The van der Waals surface area contributed by atoms with Crippen LogP contribution in [0.25, 0.3) is 0 Å². The number of rotatable bonds is 9. The Morgan fingerprint density at radius 2 is 1.56 bits per heavy atom. The maximum atomic E-state index is 12.6. The van der Waals surface area contributed by atoms with Gasteiger partial charge < -0.3 is 29.4 Å². The average Bonchev–Trinajstić information content (AvgIpc) is 3.20. The fourth-order valence-corrected chi connectivity index (χ4v) is 5.77. The molecular weight excluding hydrogens is 434 g/mol. The molecule has 1 saturated carbocycles. The Balaban J connectivity index is 1.54. The molecule has 7 nitrogen and oxygen atoms in total. The molecule has 1 aliphatic carbocycles. The van der Waals surface area contributed by atoms with Crippen molar-refractivity contribution in [1.82, 2.24) is 5.32 Å². The van der Waals surface area contributed by atoms with Gasteiger partial charge in [-0.1, -0.05) is 66.7 Å². The summed E-state index contributed by atoms with van der Waals surface area (Å²) in [5.41, 5.74) is 0.918. The summed E-state index contributed by atoms with van der Waals surface area (Å²) in [5.74, 6) is -0.659. The fourth-order valence-electron chi connectivity index (χ4n) is 5.77. The van der Waals surface area contributed by atoms with Crippen LogP contribution in [0.3, 0.4) is 0 Å². The van der Waals surface area contributed by atoms with Gasteiger partial charge in [0.25, 0.3) is 0 Å². The molecule has 180 valence electrons. The number of benzene rings is 2. The van der Waals surface area contributed by atoms with E-state index in [1.165, 1.54) is 6.92 Å². The monoisotopic (exact) mass is 465 g/mol. The predicted octanol–water partition coefficient (Wildman–Crippen LogP) is 2.72. The summed E-state index contributed by atoms with van der Waals surface area (Å²) in [6.07, 6.45) is -1.79. The van der Waals surface area contributed by atoms with Gasteiger partial charge in [0.15, 0.2) is 6.29 Å². The van der Waals surface area contributed by atoms with Gasteiger partial charge in [-0.15, -0.1) is 6.58 Å². The average molecular weight is 466 g/mol. The van der Waals surface area contributed by atoms with Crippen molar-refractivity contribution in [3.63, 3.8) is 0 Å². The van der Waals surface area contributed by atoms with E-state index in [9.17, 15) is 9.90 Å². The van der Waals surface area contributed by atoms with Crippen LogP contribution < -0.4 is 5.32 Å². The maximum absolute atomic E-state index is 12.6. The van der Waals surface area contributed by atoms with Crippen LogP contribution in [0.4, 0.5) is 0 Å². The van der Waals surface area contributed by atoms with Crippen LogP contribution in [0.1, 0.15) is 24.5 Å². The molecule has 1 amide bonds. The van der Waals surface area contributed by atoms with Crippen LogP contribution >= 0.6 is 0 Å². The molecule has 2 aromatic carbocycles. The van der Waals surface area contributed by atoms with Crippen molar-refractivity contribution in [2.45, 2.75) is 68.9 Å². The summed E-state index contributed by atoms with van der Waals surface area (Å²) in [6, 6.07) is 19.6. The number of carbonyl (C=O) groups excluding carboxylic acids is 1. The summed E-state index contributed by atoms with van der Waals surface area (Å²) < 4.78 is 25.4. The largest absolute Gasteiger partial charge is 0.390 e. The van der Waals surface area contributed by atoms with E-state index in [4.69, 9.17) is 18.9 Å². The quantitative estimate of drug-likeness (QED) is 0.554. The van der Waals surface area contributed by atoms with Crippen molar-refractivity contribution in [2.24, 2.45) is 5.92 Å². The molecule has 0 aromatic heterocycles. The van der Waals surface area contributed by atoms with E-state index in [-0.39, 0.29) is 5.91 Å². The Labute approximate surface area is 199 Å². The number of aliphatic hydroxyl groups excluding tert-OH is 1. The first-order valence-electron chi connectivity index (χ1n) is 11.7. The van der Waals surface area contributed by atoms with E-state index in [1.807, 2.05) is 60.7 Å². The zero-order chi connectivity index (χ0) is 23.7. The van der Waals surface area contributed by atoms with Crippen molar-refractivity contribution in [2.75, 3.05) is 0 Å². The van der Waals surface area contributed by atoms with E-state index in [0.717, 1.165) is 11.1 Å². The second kappa shape index (κ2) is 9.60. The molecule has 34 heavy (non-hydrogen) atoms. The zero-order valence-corrected chi connectivity index (χ0v) is 19.2. The lowest BCUT2D eigenvalue weighted by Crippen LogP contribution is -2.80. The summed E-state index contributed by atoms with van der Waals surface area (Å²) in [7, 11) is 0. The molecule has 5 rings (SSSR count). The van der Waals surface area contributed by atoms with Crippen molar-refractivity contribution in [1.29, 1.82) is 0 Å². The fraction of sp³-hybridized carbons (Fsp3) is 0.444. The molecule has 0 spiro atoms. The Morgan fingerprint density at radius 3 is 2.12 bits per heavy atom. The minimum atomic E-state index is -1.07. The lowest BCUT2D eigenvalue weighted by atomic mass is 9.62. The second-order valence-electron chi connectivity index (χ2n) is 9.24. The molecule has 2 saturated heterocycles. The maximum Gasteiger partial charge on any atom is 0.217 e. The summed E-state index contributed by atoms with van der Waals surface area (Å²) in [4.78, 5) is 12.6. The highest BCUT2D eigenvalue weighted by molar-refractivity contribution is 5.74. The third-order valence-electron chi connectivity index (χ3n) is 7.11. The van der Waals surface area contributed by atoms with Gasteiger partial charge in [0.1, 0.15) is 30.0 Å². The highest BCUT2D eigenvalue weighted by Crippen LogP contribution is 2.53. The molecule has 3 aliphatic rings. The summed E-state index contributed by atoms with van der Waals surface area (Å²) in [5, 5.41) is 14.5. The Hall–Kier alpha value is -2.55. The summed E-state index contributed by atoms with van der Waals surface area (Å²) in [6.45, 7) is 6.00. The van der Waals surface area contributed by atoms with Gasteiger partial charge >= 0.3 is 0 Å². The van der Waals surface area contributed by atoms with Crippen LogP contribution in [-0.2, 0) is 37.0 Å². The minimum Gasteiger partial charge on any atom is -0.390 e. The van der Waals surface area contributed by atoms with E-state index in [0.29, 0.717) is 19.6 Å². The Bertz CT molecular complexity index is 953. The SMILES string of the molecule is C=CC[C@@H]1[C@@H](O)[C@@H]2O[C@@H]3O[C@H]2[C@@H](OCc2ccccc2)[C@@]1(NC(C)=O)[C@@H]3OCc1ccccc1. The minimum absolute atomic E-state index is 0.234. The first kappa shape index (κ1) is 23.2. The van der Waals surface area contributed by atoms with Gasteiger partial charge in [-0.05, 0) is 17.5 Å². The van der Waals surface area contributed by atoms with Crippen LogP contribution in [0.15, 0.2) is 73.3 Å². The van der Waals surface area contributed by atoms with Gasteiger partial charge in [-0.25, -0.2) is 0 Å². The van der Waals surface area contributed by atoms with Crippen LogP contribution in [-0.4, -0.2) is 53.4 Å². The second-order valence-corrected chi connectivity index (χ2v) is 9.24. The highest BCUT2D eigenvalue weighted by atomic mass is 16.8. The van der Waals surface area contributed by atoms with E-state index in [2.05, 4.69) is 11.9 Å². The first-order chi connectivity index (χ1) is 16.5. The van der Waals surface area contributed by atoms with Gasteiger partial charge in [0.05, 0.1) is 19.3 Å². The van der Waals surface area contributed by atoms with E-state index >= 15 is 0 Å². The molecule has 0 unspecified atom stereocenters. The number of fused-ring (bicyclic) bond motifs is 2. The Morgan fingerprint density at radius 1 is 1.00 bits per heavy atom. The molecule has 8 atom stereocenters. The number of amides is 1. The normalized spacial score (nSPS) is 35.8. The molecule has 0 radical (unpaired) electrons. The van der Waals surface area contributed by atoms with Crippen LogP contribution in [0.5, 0.6) is 0 Å². The number of ether oxygens (including phenoxy) is 4. The molecular formula is C27H31NO6. The standard InChI is InChI=1S/C27H31NO6/c1-3-10-20-21(30)22-23-24(31-15-18-11-6-4-7-12-18)27(20,28-17(2)29)25(26(33-22)34-23)32-16-19-13-8-5-9-14-19/h3-9,11-14,20-26,30H,1,10,15-16H2,2H3,(H,28,29)/t20-,21-,22+,23-,24-,25-,26-,27-/m1/s1. The van der Waals surface area contributed by atoms with E-state index < -0.39 is 48.3 Å². The van der Waals surface area contributed by atoms with Crippen molar-refractivity contribution in [3.05, 3.63) is 84.4 Å². The Kier molecular flexibility index (Phi) is 6.55. The van der Waals surface area contributed by atoms with Crippen molar-refractivity contribution in [3.8, 4) is 0 Å². The van der Waals surface area contributed by atoms with Gasteiger partial charge in [0.2, 0.25) is 5.91 Å². The lowest BCUT2D eigenvalue weighted by Gasteiger charge is -2.58. The molecule has 3 bridgehead atoms. The number of aliphatic hydroxyl groups is 1. The third-order valence-corrected chi connectivity index (χ3v) is 7.11. The zero-order valence-electron chi connectivity index (χ0n) is 19.2. The molecule has 2 N–H and O–H groups in total.